The van der Waals surface area contributed by atoms with E-state index in [0.717, 1.165) is 11.6 Å². The van der Waals surface area contributed by atoms with Gasteiger partial charge in [-0.2, -0.15) is 0 Å². The Balaban J connectivity index is 2.29. The van der Waals surface area contributed by atoms with E-state index in [9.17, 15) is 0 Å². The lowest BCUT2D eigenvalue weighted by Crippen LogP contribution is -2.96. The highest BCUT2D eigenvalue weighted by Crippen LogP contribution is 1.97. The number of aromatic amines is 1. The van der Waals surface area contributed by atoms with Gasteiger partial charge in [-0.3, -0.25) is 4.98 Å². The van der Waals surface area contributed by atoms with Crippen LogP contribution in [-0.2, 0) is 0 Å². The summed E-state index contributed by atoms with van der Waals surface area (Å²) in [5, 5.41) is 0. The highest BCUT2D eigenvalue weighted by Gasteiger charge is 2.10. The first-order valence-electron chi connectivity index (χ1n) is 3.60. The number of nitrogens with one attached hydrogen (secondary N) is 2. The summed E-state index contributed by atoms with van der Waals surface area (Å²) in [5.74, 6) is 2.05. The standard InChI is InChI=1S/C8H9N3/c1-7-9-6-8(10-7)11-4-2-3-5-11/h2-6H,1H3,(H,9,10)/p+1. The maximum atomic E-state index is 4.12. The summed E-state index contributed by atoms with van der Waals surface area (Å²) < 4.78 is 0. The van der Waals surface area contributed by atoms with Crippen LogP contribution >= 0.6 is 0 Å². The van der Waals surface area contributed by atoms with Gasteiger partial charge in [0.15, 0.2) is 0 Å². The molecule has 0 bridgehead atoms. The molecule has 0 amide bonds. The molecule has 56 valence electrons. The van der Waals surface area contributed by atoms with Gasteiger partial charge < -0.3 is 0 Å². The summed E-state index contributed by atoms with van der Waals surface area (Å²) in [7, 11) is 0. The minimum absolute atomic E-state index is 0.959. The maximum Gasteiger partial charge on any atom is 0.233 e. The van der Waals surface area contributed by atoms with Gasteiger partial charge in [-0.05, 0) is 19.1 Å². The predicted molar refractivity (Wildman–Crippen MR) is 42.2 cm³/mol. The minimum atomic E-state index is 0.959. The fourth-order valence-electron chi connectivity index (χ4n) is 1.12. The van der Waals surface area contributed by atoms with Gasteiger partial charge in [0.25, 0.3) is 0 Å². The first kappa shape index (κ1) is 6.37. The van der Waals surface area contributed by atoms with Crippen LogP contribution in [-0.4, -0.2) is 9.97 Å². The quantitative estimate of drug-likeness (QED) is 0.589. The third kappa shape index (κ3) is 1.10. The first-order valence-corrected chi connectivity index (χ1v) is 3.60. The highest BCUT2D eigenvalue weighted by atomic mass is 15.2. The molecule has 0 aromatic carbocycles. The molecular weight excluding hydrogens is 138 g/mol. The molecule has 0 saturated carbocycles. The average molecular weight is 148 g/mol. The lowest BCUT2D eigenvalue weighted by atomic mass is 10.6. The van der Waals surface area contributed by atoms with E-state index < -0.39 is 0 Å². The SMILES string of the molecule is Cc1ncc([NH+]2C=CC=C2)[nH]1. The monoisotopic (exact) mass is 148 g/mol. The van der Waals surface area contributed by atoms with E-state index in [0.29, 0.717) is 0 Å². The Hall–Kier alpha value is -1.35. The average Bonchev–Trinajstić information content (AvgIpc) is 2.55. The molecule has 0 aliphatic carbocycles. The van der Waals surface area contributed by atoms with E-state index in [1.807, 2.05) is 25.3 Å². The zero-order valence-electron chi connectivity index (χ0n) is 6.33. The summed E-state index contributed by atoms with van der Waals surface area (Å²) in [4.78, 5) is 8.48. The highest BCUT2D eigenvalue weighted by molar-refractivity contribution is 5.18. The molecule has 0 fully saturated rings. The fourth-order valence-corrected chi connectivity index (χ4v) is 1.12. The van der Waals surface area contributed by atoms with Gasteiger partial charge in [-0.15, -0.1) is 0 Å². The van der Waals surface area contributed by atoms with E-state index in [-0.39, 0.29) is 0 Å². The van der Waals surface area contributed by atoms with Gasteiger partial charge in [0, 0.05) is 0 Å². The van der Waals surface area contributed by atoms with E-state index in [2.05, 4.69) is 22.4 Å². The van der Waals surface area contributed by atoms with Crippen LogP contribution < -0.4 is 4.90 Å². The van der Waals surface area contributed by atoms with Crippen molar-refractivity contribution >= 4 is 5.82 Å². The van der Waals surface area contributed by atoms with Crippen molar-refractivity contribution in [3.63, 3.8) is 0 Å². The van der Waals surface area contributed by atoms with Gasteiger partial charge in [0.05, 0.1) is 0 Å². The van der Waals surface area contributed by atoms with Crippen LogP contribution in [0.5, 0.6) is 0 Å². The molecule has 2 heterocycles. The van der Waals surface area contributed by atoms with Crippen molar-refractivity contribution in [3.8, 4) is 0 Å². The topological polar surface area (TPSA) is 33.1 Å². The van der Waals surface area contributed by atoms with Crippen molar-refractivity contribution in [1.82, 2.24) is 9.97 Å². The van der Waals surface area contributed by atoms with Gasteiger partial charge in [-0.25, -0.2) is 9.88 Å². The van der Waals surface area contributed by atoms with E-state index in [1.165, 1.54) is 4.90 Å². The van der Waals surface area contributed by atoms with E-state index in [1.54, 1.807) is 0 Å². The number of rotatable bonds is 1. The second kappa shape index (κ2) is 2.36. The van der Waals surface area contributed by atoms with Crippen molar-refractivity contribution < 1.29 is 4.90 Å². The molecule has 2 rings (SSSR count). The molecular formula is C8H10N3+. The molecule has 11 heavy (non-hydrogen) atoms. The summed E-state index contributed by atoms with van der Waals surface area (Å²) >= 11 is 0. The second-order valence-electron chi connectivity index (χ2n) is 2.56. The molecule has 1 aromatic rings. The zero-order chi connectivity index (χ0) is 7.68. The zero-order valence-corrected chi connectivity index (χ0v) is 6.33. The molecule has 3 nitrogen and oxygen atoms in total. The number of allylic oxidation sites excluding steroid dienone is 2. The Morgan fingerprint density at radius 2 is 2.09 bits per heavy atom. The summed E-state index contributed by atoms with van der Waals surface area (Å²) in [6.45, 7) is 1.95. The predicted octanol–water partition coefficient (Wildman–Crippen LogP) is 0.276. The van der Waals surface area contributed by atoms with Gasteiger partial charge >= 0.3 is 0 Å². The first-order chi connectivity index (χ1) is 5.36. The minimum Gasteiger partial charge on any atom is -0.297 e. The molecule has 0 unspecified atom stereocenters. The third-order valence-corrected chi connectivity index (χ3v) is 1.68. The van der Waals surface area contributed by atoms with E-state index in [4.69, 9.17) is 0 Å². The van der Waals surface area contributed by atoms with E-state index >= 15 is 0 Å². The summed E-state index contributed by atoms with van der Waals surface area (Å²) in [5.41, 5.74) is 0. The van der Waals surface area contributed by atoms with Crippen LogP contribution in [0.4, 0.5) is 5.82 Å². The van der Waals surface area contributed by atoms with Crippen LogP contribution in [0.3, 0.4) is 0 Å². The van der Waals surface area contributed by atoms with Crippen molar-refractivity contribution in [3.05, 3.63) is 36.6 Å². The van der Waals surface area contributed by atoms with Gasteiger partial charge in [-0.1, -0.05) is 0 Å². The molecule has 0 saturated heterocycles. The Morgan fingerprint density at radius 1 is 1.36 bits per heavy atom. The number of aryl methyl sites for hydroxylation is 1. The second-order valence-corrected chi connectivity index (χ2v) is 2.56. The number of hydrogen-bond acceptors (Lipinski definition) is 1. The summed E-state index contributed by atoms with van der Waals surface area (Å²) in [6.07, 6.45) is 10.0. The Labute approximate surface area is 65.1 Å². The molecule has 0 atom stereocenters. The van der Waals surface area contributed by atoms with Gasteiger partial charge in [0.2, 0.25) is 5.82 Å². The molecule has 2 N–H and O–H groups in total. The number of imidazole rings is 1. The number of hydrogen-bond donors (Lipinski definition) is 2. The number of nitrogens with zero attached hydrogens (tertiary/aromatic N) is 1. The molecule has 3 heteroatoms. The lowest BCUT2D eigenvalue weighted by Gasteiger charge is -1.99. The lowest BCUT2D eigenvalue weighted by molar-refractivity contribution is -0.713. The number of quaternary nitrogens is 1. The van der Waals surface area contributed by atoms with Crippen molar-refractivity contribution in [2.45, 2.75) is 6.92 Å². The Bertz CT molecular complexity index is 297. The molecule has 1 aliphatic rings. The Morgan fingerprint density at radius 3 is 2.64 bits per heavy atom. The van der Waals surface area contributed by atoms with Gasteiger partial charge in [0.1, 0.15) is 24.4 Å². The number of aromatic nitrogens is 2. The molecule has 0 spiro atoms. The maximum absolute atomic E-state index is 4.12. The van der Waals surface area contributed by atoms with Crippen LogP contribution in [0.2, 0.25) is 0 Å². The van der Waals surface area contributed by atoms with Crippen molar-refractivity contribution in [1.29, 1.82) is 0 Å². The van der Waals surface area contributed by atoms with Crippen LogP contribution in [0, 0.1) is 6.92 Å². The van der Waals surface area contributed by atoms with Crippen molar-refractivity contribution in [2.24, 2.45) is 0 Å². The van der Waals surface area contributed by atoms with Crippen LogP contribution in [0.25, 0.3) is 0 Å². The van der Waals surface area contributed by atoms with Crippen molar-refractivity contribution in [2.75, 3.05) is 0 Å². The Kier molecular flexibility index (Phi) is 1.36. The fraction of sp³-hybridized carbons (Fsp3) is 0.125. The molecule has 0 radical (unpaired) electrons. The number of H-pyrrole nitrogens is 1. The smallest absolute Gasteiger partial charge is 0.233 e. The third-order valence-electron chi connectivity index (χ3n) is 1.68. The largest absolute Gasteiger partial charge is 0.297 e. The molecule has 1 aromatic heterocycles. The van der Waals surface area contributed by atoms with Crippen LogP contribution in [0.1, 0.15) is 5.82 Å². The molecule has 1 aliphatic heterocycles. The van der Waals surface area contributed by atoms with Crippen LogP contribution in [0.15, 0.2) is 30.7 Å². The normalized spacial score (nSPS) is 16.5. The summed E-state index contributed by atoms with van der Waals surface area (Å²) in [6, 6.07) is 0.